The van der Waals surface area contributed by atoms with Gasteiger partial charge < -0.3 is 7.41 Å². The maximum absolute atomic E-state index is 5.18. The molecule has 0 spiro atoms. The van der Waals surface area contributed by atoms with Gasteiger partial charge in [0.05, 0.1) is 0 Å². The predicted molar refractivity (Wildman–Crippen MR) is 42.9 cm³/mol. The average Bonchev–Trinajstić information content (AvgIpc) is 1.63. The Kier molecular flexibility index (Phi) is 6.48. The summed E-state index contributed by atoms with van der Waals surface area (Å²) in [5, 5.41) is 0. The minimum atomic E-state index is -0.888. The van der Waals surface area contributed by atoms with Gasteiger partial charge in [-0.15, -0.1) is 0 Å². The van der Waals surface area contributed by atoms with Crippen LogP contribution < -0.4 is 0 Å². The second-order valence-corrected chi connectivity index (χ2v) is 7.21. The second-order valence-electron chi connectivity index (χ2n) is 2.47. The fourth-order valence-corrected chi connectivity index (χ4v) is 0.955. The van der Waals surface area contributed by atoms with E-state index in [-0.39, 0.29) is 0 Å². The van der Waals surface area contributed by atoms with Crippen molar-refractivity contribution in [3.8, 4) is 0 Å². The molecule has 0 N–H and O–H groups in total. The summed E-state index contributed by atoms with van der Waals surface area (Å²) in [4.78, 5) is 0. The van der Waals surface area contributed by atoms with Crippen molar-refractivity contribution in [2.24, 2.45) is 0 Å². The van der Waals surface area contributed by atoms with E-state index in [0.717, 1.165) is 0 Å². The lowest BCUT2D eigenvalue weighted by molar-refractivity contribution is 0.479. The lowest BCUT2D eigenvalue weighted by Gasteiger charge is -2.04. The van der Waals surface area contributed by atoms with Gasteiger partial charge in [0.1, 0.15) is 0 Å². The van der Waals surface area contributed by atoms with Crippen molar-refractivity contribution in [1.82, 2.24) is 0 Å². The molecule has 49 valence electrons. The van der Waals surface area contributed by atoms with E-state index in [0.29, 0.717) is 0 Å². The smallest absolute Gasteiger partial charge is 0.439 e. The molecule has 0 atom stereocenters. The van der Waals surface area contributed by atoms with Crippen LogP contribution in [-0.4, -0.2) is 36.6 Å². The second kappa shape index (κ2) is 5.81. The topological polar surface area (TPSA) is 18.5 Å². The molecule has 0 amide bonds. The summed E-state index contributed by atoms with van der Waals surface area (Å²) in [6.45, 7) is 0. The zero-order chi connectivity index (χ0) is 7.28. The molecule has 2 nitrogen and oxygen atoms in total. The normalized spacial score (nSPS) is 8.89. The van der Waals surface area contributed by atoms with Gasteiger partial charge in [-0.3, -0.25) is 0 Å². The standard InChI is InChI=1S/4CH3.2Al.BO2/c;;;;;;2-1-3/h4*1H3;;;/q;;;;2*+1;-2. The molecule has 0 aromatic rings. The summed E-state index contributed by atoms with van der Waals surface area (Å²) in [5.74, 6) is 8.45. The largest absolute Gasteiger partial charge is 0.548 e. The van der Waals surface area contributed by atoms with Gasteiger partial charge in [0.15, 0.2) is 0 Å². The predicted octanol–water partition coefficient (Wildman–Crippen LogP) is 1.06. The summed E-state index contributed by atoms with van der Waals surface area (Å²) >= 11 is -1.78. The monoisotopic (exact) mass is 157 g/mol. The Morgan fingerprint density at radius 1 is 0.889 bits per heavy atom. The molecular formula is C4H12Al2BO2. The first-order chi connectivity index (χ1) is 4.13. The minimum Gasteiger partial charge on any atom is -0.548 e. The lowest BCUT2D eigenvalue weighted by Crippen LogP contribution is -2.19. The first-order valence-electron chi connectivity index (χ1n) is 3.25. The van der Waals surface area contributed by atoms with Crippen LogP contribution in [0.1, 0.15) is 0 Å². The van der Waals surface area contributed by atoms with Gasteiger partial charge in [-0.2, -0.15) is 0 Å². The molecule has 0 aliphatic rings. The highest BCUT2D eigenvalue weighted by molar-refractivity contribution is 6.59. The van der Waals surface area contributed by atoms with Crippen LogP contribution in [0.5, 0.6) is 0 Å². The minimum absolute atomic E-state index is 0.888. The third-order valence-corrected chi connectivity index (χ3v) is 1.97. The molecule has 0 unspecified atom stereocenters. The molecule has 0 aromatic carbocycles. The van der Waals surface area contributed by atoms with E-state index in [2.05, 4.69) is 23.1 Å². The Labute approximate surface area is 67.3 Å². The maximum Gasteiger partial charge on any atom is 0.439 e. The fourth-order valence-electron chi connectivity index (χ4n) is 0.254. The third kappa shape index (κ3) is 9.05. The van der Waals surface area contributed by atoms with Gasteiger partial charge in [-0.25, -0.2) is 0 Å². The molecular weight excluding hydrogens is 145 g/mol. The Hall–Kier alpha value is 1.05. The average molecular weight is 157 g/mol. The van der Waals surface area contributed by atoms with E-state index < -0.39 is 29.0 Å². The summed E-state index contributed by atoms with van der Waals surface area (Å²) in [5.41, 5.74) is 0. The van der Waals surface area contributed by atoms with Crippen LogP contribution in [0.3, 0.4) is 0 Å². The van der Waals surface area contributed by atoms with Gasteiger partial charge in [0.2, 0.25) is 0 Å². The van der Waals surface area contributed by atoms with Crippen molar-refractivity contribution in [3.63, 3.8) is 0 Å². The van der Waals surface area contributed by atoms with Crippen molar-refractivity contribution in [2.75, 3.05) is 0 Å². The lowest BCUT2D eigenvalue weighted by atomic mass is 10.4. The van der Waals surface area contributed by atoms with Gasteiger partial charge >= 0.3 is 36.6 Å². The van der Waals surface area contributed by atoms with Crippen molar-refractivity contribution in [3.05, 3.63) is 0 Å². The molecule has 5 heteroatoms. The Balaban J connectivity index is 2.91. The van der Waals surface area contributed by atoms with E-state index in [1.165, 1.54) is 7.69 Å². The van der Waals surface area contributed by atoms with Crippen LogP contribution in [0.25, 0.3) is 0 Å². The van der Waals surface area contributed by atoms with Crippen molar-refractivity contribution in [2.45, 2.75) is 23.1 Å². The van der Waals surface area contributed by atoms with Crippen LogP contribution in [0, 0.1) is 0 Å². The summed E-state index contributed by atoms with van der Waals surface area (Å²) in [6.07, 6.45) is 0. The molecule has 0 rings (SSSR count). The van der Waals surface area contributed by atoms with Gasteiger partial charge in [-0.1, -0.05) is 23.1 Å². The molecule has 0 heterocycles. The Bertz CT molecular complexity index is 61.6. The first kappa shape index (κ1) is 10.0. The van der Waals surface area contributed by atoms with E-state index in [4.69, 9.17) is 7.41 Å². The van der Waals surface area contributed by atoms with Crippen LogP contribution in [-0.2, 0) is 7.41 Å². The highest BCUT2D eigenvalue weighted by atomic mass is 27.2. The van der Waals surface area contributed by atoms with Gasteiger partial charge in [0.25, 0.3) is 0 Å². The van der Waals surface area contributed by atoms with Crippen molar-refractivity contribution < 1.29 is 7.41 Å². The molecule has 9 heavy (non-hydrogen) atoms. The molecule has 0 saturated carbocycles. The quantitative estimate of drug-likeness (QED) is 0.567. The summed E-state index contributed by atoms with van der Waals surface area (Å²) < 4.78 is 10.4. The fraction of sp³-hybridized carbons (Fsp3) is 1.00. The SMILES string of the molecule is [CH3][Al]([CH3])[O][B][O][Al]([CH3])[CH3]. The van der Waals surface area contributed by atoms with E-state index in [1.54, 1.807) is 0 Å². The molecule has 1 radical (unpaired) electrons. The molecule has 0 bridgehead atoms. The molecule has 0 saturated heterocycles. The van der Waals surface area contributed by atoms with E-state index >= 15 is 0 Å². The van der Waals surface area contributed by atoms with E-state index in [9.17, 15) is 0 Å². The highest BCUT2D eigenvalue weighted by Gasteiger charge is 2.08. The molecule has 0 fully saturated rings. The maximum atomic E-state index is 5.18. The zero-order valence-electron chi connectivity index (χ0n) is 6.55. The van der Waals surface area contributed by atoms with E-state index in [1.807, 2.05) is 0 Å². The summed E-state index contributed by atoms with van der Waals surface area (Å²) in [7, 11) is 1.52. The Morgan fingerprint density at radius 2 is 1.22 bits per heavy atom. The molecule has 0 aromatic heterocycles. The van der Waals surface area contributed by atoms with Crippen molar-refractivity contribution >= 4 is 36.6 Å². The summed E-state index contributed by atoms with van der Waals surface area (Å²) in [6, 6.07) is 0. The highest BCUT2D eigenvalue weighted by Crippen LogP contribution is 1.85. The molecule has 0 aliphatic heterocycles. The van der Waals surface area contributed by atoms with Crippen molar-refractivity contribution in [1.29, 1.82) is 0 Å². The van der Waals surface area contributed by atoms with Crippen LogP contribution in [0.4, 0.5) is 0 Å². The van der Waals surface area contributed by atoms with Crippen LogP contribution >= 0.6 is 0 Å². The Morgan fingerprint density at radius 3 is 1.44 bits per heavy atom. The van der Waals surface area contributed by atoms with Crippen LogP contribution in [0.2, 0.25) is 23.1 Å². The van der Waals surface area contributed by atoms with Gasteiger partial charge in [0, 0.05) is 0 Å². The first-order valence-corrected chi connectivity index (χ1v) is 8.81. The van der Waals surface area contributed by atoms with Gasteiger partial charge in [-0.05, 0) is 0 Å². The van der Waals surface area contributed by atoms with Crippen LogP contribution in [0.15, 0.2) is 0 Å². The number of hydrogen-bond donors (Lipinski definition) is 0. The zero-order valence-corrected chi connectivity index (χ0v) is 8.86. The third-order valence-electron chi connectivity index (χ3n) is 0.655. The number of rotatable bonds is 4. The molecule has 0 aliphatic carbocycles. The number of hydrogen-bond acceptors (Lipinski definition) is 2.